The normalized spacial score (nSPS) is 6.17. The van der Waals surface area contributed by atoms with Gasteiger partial charge in [0.05, 0.1) is 0 Å². The molecule has 0 aliphatic carbocycles. The van der Waals surface area contributed by atoms with Crippen LogP contribution in [0, 0.1) is 6.92 Å². The van der Waals surface area contributed by atoms with E-state index in [2.05, 4.69) is 6.92 Å². The van der Waals surface area contributed by atoms with Gasteiger partial charge in [0.1, 0.15) is 0 Å². The summed E-state index contributed by atoms with van der Waals surface area (Å²) in [4.78, 5) is 9.70. The van der Waals surface area contributed by atoms with Gasteiger partial charge < -0.3 is 11.7 Å². The Balaban J connectivity index is 0. The van der Waals surface area contributed by atoms with Gasteiger partial charge in [-0.1, -0.05) is 6.92 Å². The molecule has 0 N–H and O–H groups in total. The number of ketones is 1. The maximum Gasteiger partial charge on any atom is 2.00 e. The second-order valence-electron chi connectivity index (χ2n) is 0.892. The molecule has 0 aromatic carbocycles. The average Bonchev–Trinajstić information content (AvgIpc) is 1.38. The summed E-state index contributed by atoms with van der Waals surface area (Å²) in [7, 11) is 0. The molecular formula is C4H7OV+. The van der Waals surface area contributed by atoms with Crippen LogP contribution in [0.1, 0.15) is 13.3 Å². The first-order chi connectivity index (χ1) is 2.27. The Labute approximate surface area is 50.0 Å². The Morgan fingerprint density at radius 1 is 1.83 bits per heavy atom. The molecular weight excluding hydrogens is 115 g/mol. The van der Waals surface area contributed by atoms with Crippen molar-refractivity contribution < 1.29 is 23.4 Å². The van der Waals surface area contributed by atoms with Gasteiger partial charge in [0.25, 0.3) is 0 Å². The van der Waals surface area contributed by atoms with E-state index in [1.807, 2.05) is 0 Å². The van der Waals surface area contributed by atoms with Crippen LogP contribution in [-0.4, -0.2) is 5.78 Å². The summed E-state index contributed by atoms with van der Waals surface area (Å²) in [5.74, 6) is 0.00463. The van der Waals surface area contributed by atoms with E-state index in [-0.39, 0.29) is 24.3 Å². The van der Waals surface area contributed by atoms with Crippen molar-refractivity contribution >= 4 is 5.78 Å². The molecule has 0 aliphatic rings. The van der Waals surface area contributed by atoms with E-state index in [1.165, 1.54) is 0 Å². The van der Waals surface area contributed by atoms with Gasteiger partial charge in [-0.15, -0.1) is 0 Å². The fourth-order valence-corrected chi connectivity index (χ4v) is 0. The van der Waals surface area contributed by atoms with Crippen LogP contribution in [0.15, 0.2) is 0 Å². The molecule has 0 bridgehead atoms. The molecule has 0 aromatic rings. The van der Waals surface area contributed by atoms with Gasteiger partial charge in [0, 0.05) is 0 Å². The van der Waals surface area contributed by atoms with Crippen LogP contribution in [0.5, 0.6) is 0 Å². The molecule has 0 saturated carbocycles. The minimum atomic E-state index is 0. The van der Waals surface area contributed by atoms with E-state index < -0.39 is 0 Å². The molecule has 0 atom stereocenters. The van der Waals surface area contributed by atoms with E-state index in [0.29, 0.717) is 6.42 Å². The predicted molar refractivity (Wildman–Crippen MR) is 20.7 cm³/mol. The molecule has 0 spiro atoms. The Morgan fingerprint density at radius 2 is 2.00 bits per heavy atom. The van der Waals surface area contributed by atoms with Crippen molar-refractivity contribution in [3.8, 4) is 0 Å². The third kappa shape index (κ3) is 8.92. The summed E-state index contributed by atoms with van der Waals surface area (Å²) in [5, 5.41) is 0. The molecule has 0 aromatic heterocycles. The zero-order chi connectivity index (χ0) is 4.28. The molecule has 1 radical (unpaired) electrons. The number of hydrogen-bond acceptors (Lipinski definition) is 1. The first-order valence-corrected chi connectivity index (χ1v) is 1.62. The molecule has 6 heavy (non-hydrogen) atoms. The molecule has 0 aliphatic heterocycles. The fraction of sp³-hybridized carbons (Fsp3) is 0.500. The number of hydrogen-bond donors (Lipinski definition) is 0. The Bertz CT molecular complexity index is 42.8. The predicted octanol–water partition coefficient (Wildman–Crippen LogP) is 0.797. The van der Waals surface area contributed by atoms with Crippen LogP contribution in [-0.2, 0) is 23.4 Å². The van der Waals surface area contributed by atoms with Gasteiger partial charge in [0.2, 0.25) is 0 Å². The van der Waals surface area contributed by atoms with Crippen molar-refractivity contribution in [2.24, 2.45) is 0 Å². The SMILES string of the molecule is [CH2-]C(=O)CC.[V+2]. The number of carbonyl (C=O) groups is 1. The van der Waals surface area contributed by atoms with Gasteiger partial charge in [-0.3, -0.25) is 0 Å². The van der Waals surface area contributed by atoms with Gasteiger partial charge in [-0.05, 0) is 12.2 Å². The van der Waals surface area contributed by atoms with Crippen molar-refractivity contribution in [3.63, 3.8) is 0 Å². The number of rotatable bonds is 1. The maximum absolute atomic E-state index is 9.70. The third-order valence-electron chi connectivity index (χ3n) is 0.394. The van der Waals surface area contributed by atoms with Crippen LogP contribution < -0.4 is 0 Å². The van der Waals surface area contributed by atoms with E-state index in [9.17, 15) is 4.79 Å². The molecule has 1 nitrogen and oxygen atoms in total. The first-order valence-electron chi connectivity index (χ1n) is 1.62. The van der Waals surface area contributed by atoms with E-state index in [4.69, 9.17) is 0 Å². The second-order valence-corrected chi connectivity index (χ2v) is 0.892. The van der Waals surface area contributed by atoms with Gasteiger partial charge in [-0.25, -0.2) is 0 Å². The van der Waals surface area contributed by atoms with E-state index in [1.54, 1.807) is 6.92 Å². The summed E-state index contributed by atoms with van der Waals surface area (Å²) in [5.41, 5.74) is 0. The topological polar surface area (TPSA) is 17.1 Å². The van der Waals surface area contributed by atoms with Gasteiger partial charge in [0.15, 0.2) is 0 Å². The largest absolute Gasteiger partial charge is 2.00 e. The van der Waals surface area contributed by atoms with Crippen LogP contribution in [0.3, 0.4) is 0 Å². The molecule has 0 unspecified atom stereocenters. The standard InChI is InChI=1S/C4H7O.V/c1-3-4(2)5;/h2-3H2,1H3;/q-1;+2. The summed E-state index contributed by atoms with van der Waals surface area (Å²) >= 11 is 0. The quantitative estimate of drug-likeness (QED) is 0.470. The van der Waals surface area contributed by atoms with E-state index in [0.717, 1.165) is 0 Å². The molecule has 33 valence electrons. The summed E-state index contributed by atoms with van der Waals surface area (Å²) in [6.45, 7) is 4.91. The Morgan fingerprint density at radius 3 is 2.00 bits per heavy atom. The molecule has 0 rings (SSSR count). The molecule has 0 saturated heterocycles. The zero-order valence-electron chi connectivity index (χ0n) is 3.77. The van der Waals surface area contributed by atoms with Crippen molar-refractivity contribution in [1.29, 1.82) is 0 Å². The molecule has 0 heterocycles. The van der Waals surface area contributed by atoms with Crippen molar-refractivity contribution in [2.75, 3.05) is 0 Å². The first kappa shape index (κ1) is 9.45. The molecule has 2 heteroatoms. The maximum atomic E-state index is 9.70. The minimum absolute atomic E-state index is 0. The third-order valence-corrected chi connectivity index (χ3v) is 0.394. The summed E-state index contributed by atoms with van der Waals surface area (Å²) in [6.07, 6.45) is 0.556. The molecule has 0 amide bonds. The summed E-state index contributed by atoms with van der Waals surface area (Å²) in [6, 6.07) is 0. The van der Waals surface area contributed by atoms with Crippen molar-refractivity contribution in [3.05, 3.63) is 6.92 Å². The van der Waals surface area contributed by atoms with E-state index >= 15 is 0 Å². The zero-order valence-corrected chi connectivity index (χ0v) is 5.17. The number of Topliss-reactive ketones (excluding diaryl/α,β-unsaturated/α-hetero) is 1. The Kier molecular flexibility index (Phi) is 8.07. The van der Waals surface area contributed by atoms with Crippen LogP contribution in [0.2, 0.25) is 0 Å². The van der Waals surface area contributed by atoms with Crippen LogP contribution >= 0.6 is 0 Å². The van der Waals surface area contributed by atoms with Gasteiger partial charge >= 0.3 is 18.6 Å². The van der Waals surface area contributed by atoms with Crippen molar-refractivity contribution in [1.82, 2.24) is 0 Å². The number of carbonyl (C=O) groups excluding carboxylic acids is 1. The average molecular weight is 122 g/mol. The summed E-state index contributed by atoms with van der Waals surface area (Å²) < 4.78 is 0. The monoisotopic (exact) mass is 122 g/mol. The molecule has 0 fully saturated rings. The Hall–Kier alpha value is 0.124. The second kappa shape index (κ2) is 5.12. The van der Waals surface area contributed by atoms with Crippen LogP contribution in [0.4, 0.5) is 0 Å². The van der Waals surface area contributed by atoms with Crippen LogP contribution in [0.25, 0.3) is 0 Å². The fourth-order valence-electron chi connectivity index (χ4n) is 0. The van der Waals surface area contributed by atoms with Gasteiger partial charge in [-0.2, -0.15) is 0 Å². The minimum Gasteiger partial charge on any atom is -0.339 e. The smallest absolute Gasteiger partial charge is 0.339 e. The van der Waals surface area contributed by atoms with Crippen molar-refractivity contribution in [2.45, 2.75) is 13.3 Å².